The standard InChI is InChI=1S/C16H22O3/c1-5-13(4)19-15-9-7-14(8-10-15)12(3)11-16(17)18-6-2/h7-11,13H,5-6H2,1-4H3/b12-11+. The van der Waals surface area contributed by atoms with Crippen molar-refractivity contribution < 1.29 is 14.3 Å². The topological polar surface area (TPSA) is 35.5 Å². The van der Waals surface area contributed by atoms with Crippen LogP contribution in [0.2, 0.25) is 0 Å². The van der Waals surface area contributed by atoms with Gasteiger partial charge in [0.25, 0.3) is 0 Å². The lowest BCUT2D eigenvalue weighted by Gasteiger charge is -2.12. The summed E-state index contributed by atoms with van der Waals surface area (Å²) in [6, 6.07) is 7.74. The van der Waals surface area contributed by atoms with Gasteiger partial charge in [-0.15, -0.1) is 0 Å². The SMILES string of the molecule is CCOC(=O)/C=C(\C)c1ccc(OC(C)CC)cc1. The van der Waals surface area contributed by atoms with Gasteiger partial charge in [0.05, 0.1) is 12.7 Å². The number of benzene rings is 1. The predicted octanol–water partition coefficient (Wildman–Crippen LogP) is 3.83. The molecule has 1 unspecified atom stereocenters. The smallest absolute Gasteiger partial charge is 0.331 e. The number of ether oxygens (including phenoxy) is 2. The normalized spacial score (nSPS) is 12.9. The molecule has 0 aliphatic rings. The van der Waals surface area contributed by atoms with Crippen molar-refractivity contribution in [2.75, 3.05) is 6.61 Å². The van der Waals surface area contributed by atoms with Crippen molar-refractivity contribution in [2.24, 2.45) is 0 Å². The van der Waals surface area contributed by atoms with Gasteiger partial charge in [0.2, 0.25) is 0 Å². The van der Waals surface area contributed by atoms with E-state index in [1.165, 1.54) is 6.08 Å². The summed E-state index contributed by atoms with van der Waals surface area (Å²) >= 11 is 0. The summed E-state index contributed by atoms with van der Waals surface area (Å²) in [5, 5.41) is 0. The van der Waals surface area contributed by atoms with Gasteiger partial charge in [-0.25, -0.2) is 4.79 Å². The first-order valence-corrected chi connectivity index (χ1v) is 6.69. The van der Waals surface area contributed by atoms with Crippen molar-refractivity contribution >= 4 is 11.5 Å². The molecule has 1 aromatic carbocycles. The van der Waals surface area contributed by atoms with Crippen LogP contribution in [0.15, 0.2) is 30.3 Å². The second kappa shape index (κ2) is 7.62. The highest BCUT2D eigenvalue weighted by Gasteiger charge is 2.03. The average molecular weight is 262 g/mol. The third kappa shape index (κ3) is 5.16. The number of esters is 1. The van der Waals surface area contributed by atoms with Gasteiger partial charge in [-0.2, -0.15) is 0 Å². The van der Waals surface area contributed by atoms with Gasteiger partial charge in [0.15, 0.2) is 0 Å². The van der Waals surface area contributed by atoms with E-state index in [1.807, 2.05) is 38.1 Å². The van der Waals surface area contributed by atoms with Crippen LogP contribution in [0.4, 0.5) is 0 Å². The summed E-state index contributed by atoms with van der Waals surface area (Å²) in [4.78, 5) is 11.4. The Balaban J connectivity index is 2.72. The van der Waals surface area contributed by atoms with Gasteiger partial charge >= 0.3 is 5.97 Å². The quantitative estimate of drug-likeness (QED) is 0.577. The van der Waals surface area contributed by atoms with Crippen molar-refractivity contribution in [3.05, 3.63) is 35.9 Å². The predicted molar refractivity (Wildman–Crippen MR) is 77.1 cm³/mol. The molecule has 0 bridgehead atoms. The van der Waals surface area contributed by atoms with E-state index < -0.39 is 0 Å². The molecule has 0 spiro atoms. The molecular weight excluding hydrogens is 240 g/mol. The van der Waals surface area contributed by atoms with E-state index in [4.69, 9.17) is 9.47 Å². The summed E-state index contributed by atoms with van der Waals surface area (Å²) < 4.78 is 10.6. The first-order chi connectivity index (χ1) is 9.06. The summed E-state index contributed by atoms with van der Waals surface area (Å²) in [5.41, 5.74) is 1.87. The van der Waals surface area contributed by atoms with Gasteiger partial charge in [-0.05, 0) is 50.5 Å². The Morgan fingerprint density at radius 3 is 2.42 bits per heavy atom. The van der Waals surface area contributed by atoms with Crippen molar-refractivity contribution in [3.8, 4) is 5.75 Å². The zero-order chi connectivity index (χ0) is 14.3. The zero-order valence-corrected chi connectivity index (χ0v) is 12.1. The molecular formula is C16H22O3. The summed E-state index contributed by atoms with van der Waals surface area (Å²) in [7, 11) is 0. The van der Waals surface area contributed by atoms with Crippen LogP contribution >= 0.6 is 0 Å². The average Bonchev–Trinajstić information content (AvgIpc) is 2.39. The molecule has 0 radical (unpaired) electrons. The van der Waals surface area contributed by atoms with E-state index in [-0.39, 0.29) is 12.1 Å². The van der Waals surface area contributed by atoms with E-state index >= 15 is 0 Å². The fourth-order valence-electron chi connectivity index (χ4n) is 1.56. The lowest BCUT2D eigenvalue weighted by Crippen LogP contribution is -2.09. The lowest BCUT2D eigenvalue weighted by molar-refractivity contribution is -0.137. The maximum Gasteiger partial charge on any atom is 0.331 e. The molecule has 0 amide bonds. The van der Waals surface area contributed by atoms with Gasteiger partial charge in [-0.1, -0.05) is 19.1 Å². The van der Waals surface area contributed by atoms with Crippen molar-refractivity contribution in [1.82, 2.24) is 0 Å². The zero-order valence-electron chi connectivity index (χ0n) is 12.1. The van der Waals surface area contributed by atoms with Crippen LogP contribution in [0.3, 0.4) is 0 Å². The Morgan fingerprint density at radius 2 is 1.89 bits per heavy atom. The van der Waals surface area contributed by atoms with Crippen LogP contribution < -0.4 is 4.74 Å². The van der Waals surface area contributed by atoms with Gasteiger partial charge in [0.1, 0.15) is 5.75 Å². The third-order valence-corrected chi connectivity index (χ3v) is 2.84. The molecule has 3 heteroatoms. The van der Waals surface area contributed by atoms with Crippen LogP contribution in [0.25, 0.3) is 5.57 Å². The molecule has 19 heavy (non-hydrogen) atoms. The molecule has 1 rings (SSSR count). The second-order valence-corrected chi connectivity index (χ2v) is 4.44. The van der Waals surface area contributed by atoms with E-state index in [1.54, 1.807) is 6.92 Å². The van der Waals surface area contributed by atoms with Crippen LogP contribution in [-0.4, -0.2) is 18.7 Å². The largest absolute Gasteiger partial charge is 0.491 e. The maximum atomic E-state index is 11.4. The van der Waals surface area contributed by atoms with Gasteiger partial charge in [0, 0.05) is 6.08 Å². The number of carbonyl (C=O) groups excluding carboxylic acids is 1. The molecule has 0 fully saturated rings. The van der Waals surface area contributed by atoms with Crippen LogP contribution in [0, 0.1) is 0 Å². The van der Waals surface area contributed by atoms with E-state index in [2.05, 4.69) is 6.92 Å². The van der Waals surface area contributed by atoms with E-state index in [0.717, 1.165) is 23.3 Å². The van der Waals surface area contributed by atoms with Gasteiger partial charge < -0.3 is 9.47 Å². The lowest BCUT2D eigenvalue weighted by atomic mass is 10.1. The fraction of sp³-hybridized carbons (Fsp3) is 0.438. The highest BCUT2D eigenvalue weighted by atomic mass is 16.5. The van der Waals surface area contributed by atoms with Crippen LogP contribution in [-0.2, 0) is 9.53 Å². The fourth-order valence-corrected chi connectivity index (χ4v) is 1.56. The van der Waals surface area contributed by atoms with Gasteiger partial charge in [-0.3, -0.25) is 0 Å². The molecule has 0 heterocycles. The Hall–Kier alpha value is -1.77. The van der Waals surface area contributed by atoms with Crippen LogP contribution in [0.1, 0.15) is 39.7 Å². The second-order valence-electron chi connectivity index (χ2n) is 4.44. The minimum atomic E-state index is -0.306. The Labute approximate surface area is 115 Å². The number of allylic oxidation sites excluding steroid dienone is 1. The molecule has 0 saturated heterocycles. The monoisotopic (exact) mass is 262 g/mol. The molecule has 0 N–H and O–H groups in total. The number of hydrogen-bond donors (Lipinski definition) is 0. The molecule has 0 aliphatic heterocycles. The Kier molecular flexibility index (Phi) is 6.13. The molecule has 1 aromatic rings. The molecule has 0 aromatic heterocycles. The Morgan fingerprint density at radius 1 is 1.26 bits per heavy atom. The number of carbonyl (C=O) groups is 1. The third-order valence-electron chi connectivity index (χ3n) is 2.84. The molecule has 1 atom stereocenters. The summed E-state index contributed by atoms with van der Waals surface area (Å²) in [5.74, 6) is 0.543. The number of hydrogen-bond acceptors (Lipinski definition) is 3. The first kappa shape index (κ1) is 15.3. The summed E-state index contributed by atoms with van der Waals surface area (Å²) in [6.07, 6.45) is 2.69. The first-order valence-electron chi connectivity index (χ1n) is 6.69. The van der Waals surface area contributed by atoms with Crippen molar-refractivity contribution in [2.45, 2.75) is 40.2 Å². The highest BCUT2D eigenvalue weighted by Crippen LogP contribution is 2.19. The molecule has 104 valence electrons. The maximum absolute atomic E-state index is 11.4. The molecule has 0 aliphatic carbocycles. The van der Waals surface area contributed by atoms with Crippen molar-refractivity contribution in [3.63, 3.8) is 0 Å². The Bertz CT molecular complexity index is 432. The van der Waals surface area contributed by atoms with E-state index in [0.29, 0.717) is 6.61 Å². The number of rotatable bonds is 6. The molecule has 3 nitrogen and oxygen atoms in total. The summed E-state index contributed by atoms with van der Waals surface area (Å²) in [6.45, 7) is 8.21. The minimum Gasteiger partial charge on any atom is -0.491 e. The minimum absolute atomic E-state index is 0.210. The van der Waals surface area contributed by atoms with E-state index in [9.17, 15) is 4.79 Å². The van der Waals surface area contributed by atoms with Crippen molar-refractivity contribution in [1.29, 1.82) is 0 Å². The highest BCUT2D eigenvalue weighted by molar-refractivity contribution is 5.90. The van der Waals surface area contributed by atoms with Crippen LogP contribution in [0.5, 0.6) is 5.75 Å². The molecule has 0 saturated carbocycles.